The zero-order chi connectivity index (χ0) is 25.1. The Hall–Kier alpha value is -3.37. The van der Waals surface area contributed by atoms with Gasteiger partial charge in [-0.25, -0.2) is 9.97 Å². The Morgan fingerprint density at radius 3 is 2.19 bits per heavy atom. The van der Waals surface area contributed by atoms with Gasteiger partial charge in [0.2, 0.25) is 23.6 Å². The van der Waals surface area contributed by atoms with Crippen molar-refractivity contribution in [2.45, 2.75) is 32.9 Å². The maximum atomic E-state index is 13.2. The highest BCUT2D eigenvalue weighted by Crippen LogP contribution is 2.24. The number of anilines is 1. The van der Waals surface area contributed by atoms with Gasteiger partial charge >= 0.3 is 0 Å². The van der Waals surface area contributed by atoms with Crippen LogP contribution in [0.5, 0.6) is 0 Å². The Morgan fingerprint density at radius 1 is 0.889 bits per heavy atom. The van der Waals surface area contributed by atoms with E-state index in [2.05, 4.69) is 48.7 Å². The minimum Gasteiger partial charge on any atom is -0.338 e. The number of nitrogens with zero attached hydrogens (tertiary/aromatic N) is 8. The first-order chi connectivity index (χ1) is 17.5. The molecule has 2 aromatic heterocycles. The molecule has 2 saturated heterocycles. The predicted octanol–water partition coefficient (Wildman–Crippen LogP) is 2.25. The summed E-state index contributed by atoms with van der Waals surface area (Å²) in [6.07, 6.45) is 3.51. The minimum absolute atomic E-state index is 0.0261. The highest BCUT2D eigenvalue weighted by atomic mass is 16.5. The third-order valence-corrected chi connectivity index (χ3v) is 7.34. The Morgan fingerprint density at radius 2 is 1.53 bits per heavy atom. The summed E-state index contributed by atoms with van der Waals surface area (Å²) in [5.41, 5.74) is 2.16. The third kappa shape index (κ3) is 5.24. The van der Waals surface area contributed by atoms with Gasteiger partial charge in [-0.2, -0.15) is 4.98 Å². The highest BCUT2D eigenvalue weighted by Gasteiger charge is 2.33. The van der Waals surface area contributed by atoms with Crippen LogP contribution in [0.25, 0.3) is 11.4 Å². The summed E-state index contributed by atoms with van der Waals surface area (Å²) in [5.74, 6) is 2.18. The number of amides is 1. The molecule has 0 spiro atoms. The molecule has 0 N–H and O–H groups in total. The van der Waals surface area contributed by atoms with Crippen LogP contribution < -0.4 is 4.90 Å². The van der Waals surface area contributed by atoms with Crippen LogP contribution in [0.15, 0.2) is 47.2 Å². The van der Waals surface area contributed by atoms with Crippen molar-refractivity contribution < 1.29 is 9.32 Å². The summed E-state index contributed by atoms with van der Waals surface area (Å²) in [4.78, 5) is 35.3. The molecule has 10 heteroatoms. The molecule has 0 aliphatic carbocycles. The van der Waals surface area contributed by atoms with E-state index in [-0.39, 0.29) is 18.0 Å². The molecule has 2 unspecified atom stereocenters. The van der Waals surface area contributed by atoms with Crippen LogP contribution in [-0.4, -0.2) is 99.1 Å². The van der Waals surface area contributed by atoms with Crippen LogP contribution in [-0.2, 0) is 4.79 Å². The average Bonchev–Trinajstić information content (AvgIpc) is 3.43. The standard InChI is InChI=1S/C26H34N8O2/c1-19-5-7-22(8-6-19)23-29-24(36-30-23)20(2)31-11-13-32(14-12-31)21(3)25(35)33-15-17-34(18-16-33)26-27-9-4-10-28-26/h4-10,20-21H,11-18H2,1-3H3. The molecule has 1 aromatic carbocycles. The first kappa shape index (κ1) is 24.3. The lowest BCUT2D eigenvalue weighted by molar-refractivity contribution is -0.137. The molecule has 4 heterocycles. The number of aryl methyl sites for hydroxylation is 1. The van der Waals surface area contributed by atoms with Gasteiger partial charge in [-0.05, 0) is 26.8 Å². The van der Waals surface area contributed by atoms with Crippen molar-refractivity contribution in [3.8, 4) is 11.4 Å². The van der Waals surface area contributed by atoms with Crippen molar-refractivity contribution in [3.05, 3.63) is 54.2 Å². The monoisotopic (exact) mass is 490 g/mol. The number of rotatable bonds is 6. The largest absolute Gasteiger partial charge is 0.338 e. The van der Waals surface area contributed by atoms with Crippen LogP contribution >= 0.6 is 0 Å². The molecule has 2 aliphatic heterocycles. The normalized spacial score (nSPS) is 19.3. The second-order valence-corrected chi connectivity index (χ2v) is 9.61. The SMILES string of the molecule is Cc1ccc(-c2noc(C(C)N3CCN(C(C)C(=O)N4CCN(c5ncccn5)CC4)CC3)n2)cc1. The van der Waals surface area contributed by atoms with E-state index in [1.165, 1.54) is 5.56 Å². The third-order valence-electron chi connectivity index (χ3n) is 7.34. The summed E-state index contributed by atoms with van der Waals surface area (Å²) < 4.78 is 5.61. The molecule has 1 amide bonds. The van der Waals surface area contributed by atoms with Crippen LogP contribution in [0.2, 0.25) is 0 Å². The molecule has 0 radical (unpaired) electrons. The maximum absolute atomic E-state index is 13.2. The van der Waals surface area contributed by atoms with E-state index in [1.54, 1.807) is 12.4 Å². The van der Waals surface area contributed by atoms with Crippen LogP contribution in [0.1, 0.15) is 31.3 Å². The molecule has 5 rings (SSSR count). The van der Waals surface area contributed by atoms with Crippen LogP contribution in [0.4, 0.5) is 5.95 Å². The van der Waals surface area contributed by atoms with Gasteiger partial charge in [-0.1, -0.05) is 35.0 Å². The van der Waals surface area contributed by atoms with Gasteiger partial charge in [-0.15, -0.1) is 0 Å². The van der Waals surface area contributed by atoms with Crippen LogP contribution in [0.3, 0.4) is 0 Å². The molecule has 190 valence electrons. The second-order valence-electron chi connectivity index (χ2n) is 9.61. The smallest absolute Gasteiger partial charge is 0.244 e. The molecule has 3 aromatic rings. The van der Waals surface area contributed by atoms with Crippen LogP contribution in [0, 0.1) is 6.92 Å². The Bertz CT molecular complexity index is 1140. The van der Waals surface area contributed by atoms with Gasteiger partial charge < -0.3 is 14.3 Å². The van der Waals surface area contributed by atoms with Crippen molar-refractivity contribution in [2.75, 3.05) is 57.3 Å². The quantitative estimate of drug-likeness (QED) is 0.516. The molecule has 2 fully saturated rings. The number of benzene rings is 1. The van der Waals surface area contributed by atoms with E-state index in [0.717, 1.165) is 50.8 Å². The summed E-state index contributed by atoms with van der Waals surface area (Å²) in [5, 5.41) is 4.19. The number of carbonyl (C=O) groups is 1. The molecule has 2 atom stereocenters. The zero-order valence-electron chi connectivity index (χ0n) is 21.2. The van der Waals surface area contributed by atoms with Crippen molar-refractivity contribution in [1.82, 2.24) is 34.8 Å². The van der Waals surface area contributed by atoms with Gasteiger partial charge in [-0.3, -0.25) is 14.6 Å². The Balaban J connectivity index is 1.11. The molecule has 36 heavy (non-hydrogen) atoms. The van der Waals surface area contributed by atoms with Gasteiger partial charge in [0.15, 0.2) is 0 Å². The van der Waals surface area contributed by atoms with Crippen molar-refractivity contribution in [1.29, 1.82) is 0 Å². The van der Waals surface area contributed by atoms with Crippen molar-refractivity contribution >= 4 is 11.9 Å². The van der Waals surface area contributed by atoms with E-state index in [9.17, 15) is 4.79 Å². The first-order valence-corrected chi connectivity index (χ1v) is 12.7. The zero-order valence-corrected chi connectivity index (χ0v) is 21.2. The number of hydrogen-bond acceptors (Lipinski definition) is 9. The van der Waals surface area contributed by atoms with E-state index < -0.39 is 0 Å². The topological polar surface area (TPSA) is 94.7 Å². The Kier molecular flexibility index (Phi) is 7.24. The van der Waals surface area contributed by atoms with E-state index >= 15 is 0 Å². The molecule has 0 bridgehead atoms. The fraction of sp³-hybridized carbons (Fsp3) is 0.500. The first-order valence-electron chi connectivity index (χ1n) is 12.7. The fourth-order valence-corrected chi connectivity index (χ4v) is 4.89. The van der Waals surface area contributed by atoms with E-state index in [4.69, 9.17) is 4.52 Å². The van der Waals surface area contributed by atoms with Gasteiger partial charge in [0.05, 0.1) is 12.1 Å². The second kappa shape index (κ2) is 10.7. The molecule has 0 saturated carbocycles. The molecule has 2 aliphatic rings. The summed E-state index contributed by atoms with van der Waals surface area (Å²) in [7, 11) is 0. The molecule has 10 nitrogen and oxygen atoms in total. The van der Waals surface area contributed by atoms with Crippen molar-refractivity contribution in [3.63, 3.8) is 0 Å². The van der Waals surface area contributed by atoms with Crippen molar-refractivity contribution in [2.24, 2.45) is 0 Å². The highest BCUT2D eigenvalue weighted by molar-refractivity contribution is 5.81. The summed E-state index contributed by atoms with van der Waals surface area (Å²) in [6, 6.07) is 9.83. The predicted molar refractivity (Wildman–Crippen MR) is 136 cm³/mol. The summed E-state index contributed by atoms with van der Waals surface area (Å²) >= 11 is 0. The number of hydrogen-bond donors (Lipinski definition) is 0. The molecular weight excluding hydrogens is 456 g/mol. The number of aromatic nitrogens is 4. The summed E-state index contributed by atoms with van der Waals surface area (Å²) in [6.45, 7) is 12.4. The van der Waals surface area contributed by atoms with Gasteiger partial charge in [0, 0.05) is 70.3 Å². The minimum atomic E-state index is -0.140. The van der Waals surface area contributed by atoms with E-state index in [0.29, 0.717) is 24.8 Å². The number of carbonyl (C=O) groups excluding carboxylic acids is 1. The van der Waals surface area contributed by atoms with Gasteiger partial charge in [0.1, 0.15) is 0 Å². The lowest BCUT2D eigenvalue weighted by Crippen LogP contribution is -2.57. The van der Waals surface area contributed by atoms with E-state index in [1.807, 2.05) is 42.2 Å². The molecular formula is C26H34N8O2. The lowest BCUT2D eigenvalue weighted by atomic mass is 10.1. The Labute approximate surface area is 211 Å². The maximum Gasteiger partial charge on any atom is 0.244 e. The van der Waals surface area contributed by atoms with Gasteiger partial charge in [0.25, 0.3) is 0 Å². The lowest BCUT2D eigenvalue weighted by Gasteiger charge is -2.41. The fourth-order valence-electron chi connectivity index (χ4n) is 4.89. The number of piperazine rings is 2. The average molecular weight is 491 g/mol.